The van der Waals surface area contributed by atoms with E-state index in [2.05, 4.69) is 17.2 Å². The van der Waals surface area contributed by atoms with Crippen LogP contribution in [-0.2, 0) is 6.42 Å². The number of nitrogens with zero attached hydrogens (tertiary/aromatic N) is 2. The van der Waals surface area contributed by atoms with Gasteiger partial charge in [0, 0.05) is 35.9 Å². The van der Waals surface area contributed by atoms with Crippen molar-refractivity contribution >= 4 is 23.4 Å². The van der Waals surface area contributed by atoms with Crippen molar-refractivity contribution in [1.82, 2.24) is 15.2 Å². The van der Waals surface area contributed by atoms with E-state index in [1.807, 2.05) is 29.2 Å². The molecular formula is C22H26ClN3O2. The van der Waals surface area contributed by atoms with Crippen LogP contribution in [0.25, 0.3) is 0 Å². The van der Waals surface area contributed by atoms with E-state index in [-0.39, 0.29) is 17.9 Å². The maximum Gasteiger partial charge on any atom is 0.272 e. The van der Waals surface area contributed by atoms with Gasteiger partial charge in [-0.15, -0.1) is 0 Å². The Hall–Kier alpha value is -2.40. The highest BCUT2D eigenvalue weighted by Crippen LogP contribution is 2.21. The van der Waals surface area contributed by atoms with Crippen LogP contribution in [0.4, 0.5) is 0 Å². The molecule has 6 heteroatoms. The summed E-state index contributed by atoms with van der Waals surface area (Å²) in [5, 5.41) is 3.58. The molecule has 1 saturated heterocycles. The number of benzene rings is 1. The number of halogens is 1. The molecule has 28 heavy (non-hydrogen) atoms. The molecular weight excluding hydrogens is 374 g/mol. The lowest BCUT2D eigenvalue weighted by molar-refractivity contribution is 0.0602. The molecule has 1 aromatic carbocycles. The Balaban J connectivity index is 1.61. The summed E-state index contributed by atoms with van der Waals surface area (Å²) in [6, 6.07) is 11.1. The number of amides is 2. The number of rotatable bonds is 6. The highest BCUT2D eigenvalue weighted by molar-refractivity contribution is 6.30. The minimum atomic E-state index is -0.204. The Bertz CT molecular complexity index is 840. The fraction of sp³-hybridized carbons (Fsp3) is 0.409. The number of hydrogen-bond donors (Lipinski definition) is 1. The quantitative estimate of drug-likeness (QED) is 0.794. The Morgan fingerprint density at radius 2 is 2.11 bits per heavy atom. The molecule has 1 unspecified atom stereocenters. The van der Waals surface area contributed by atoms with E-state index in [1.165, 1.54) is 6.20 Å². The average molecular weight is 400 g/mol. The summed E-state index contributed by atoms with van der Waals surface area (Å²) >= 11 is 5.98. The topological polar surface area (TPSA) is 62.3 Å². The van der Waals surface area contributed by atoms with Crippen molar-refractivity contribution in [2.24, 2.45) is 0 Å². The normalized spacial score (nSPS) is 16.6. The molecule has 1 atom stereocenters. The van der Waals surface area contributed by atoms with Crippen LogP contribution in [0.5, 0.6) is 0 Å². The predicted molar refractivity (Wildman–Crippen MR) is 111 cm³/mol. The standard InChI is InChI=1S/C22H26ClN3O2/c1-2-19-8-3-4-13-26(19)22(28)20-15-17(10-12-24-20)21(27)25-11-9-16-6-5-7-18(23)14-16/h5-7,10,12,14-15,19H,2-4,8-9,11,13H2,1H3,(H,25,27). The zero-order valence-corrected chi connectivity index (χ0v) is 16.9. The zero-order valence-electron chi connectivity index (χ0n) is 16.2. The second-order valence-electron chi connectivity index (χ2n) is 7.12. The summed E-state index contributed by atoms with van der Waals surface area (Å²) in [6.07, 6.45) is 6.37. The fourth-order valence-corrected chi connectivity index (χ4v) is 3.86. The number of piperidine rings is 1. The molecule has 2 amide bonds. The second kappa shape index (κ2) is 9.69. The van der Waals surface area contributed by atoms with Crippen molar-refractivity contribution in [2.75, 3.05) is 13.1 Å². The number of carbonyl (C=O) groups excluding carboxylic acids is 2. The molecule has 3 rings (SSSR count). The number of pyridine rings is 1. The van der Waals surface area contributed by atoms with Gasteiger partial charge in [0.15, 0.2) is 0 Å². The number of hydrogen-bond acceptors (Lipinski definition) is 3. The minimum absolute atomic E-state index is 0.0832. The second-order valence-corrected chi connectivity index (χ2v) is 7.56. The van der Waals surface area contributed by atoms with Crippen molar-refractivity contribution in [1.29, 1.82) is 0 Å². The van der Waals surface area contributed by atoms with Crippen LogP contribution in [-0.4, -0.2) is 40.8 Å². The summed E-state index contributed by atoms with van der Waals surface area (Å²) in [6.45, 7) is 3.36. The van der Waals surface area contributed by atoms with Gasteiger partial charge >= 0.3 is 0 Å². The van der Waals surface area contributed by atoms with Crippen molar-refractivity contribution < 1.29 is 9.59 Å². The van der Waals surface area contributed by atoms with Crippen LogP contribution in [0.2, 0.25) is 5.02 Å². The van der Waals surface area contributed by atoms with E-state index in [4.69, 9.17) is 11.6 Å². The van der Waals surface area contributed by atoms with Gasteiger partial charge in [-0.2, -0.15) is 0 Å². The Morgan fingerprint density at radius 3 is 2.89 bits per heavy atom. The molecule has 0 saturated carbocycles. The third kappa shape index (κ3) is 5.10. The van der Waals surface area contributed by atoms with Gasteiger partial charge in [-0.05, 0) is 61.9 Å². The largest absolute Gasteiger partial charge is 0.352 e. The Morgan fingerprint density at radius 1 is 1.25 bits per heavy atom. The molecule has 2 aromatic rings. The van der Waals surface area contributed by atoms with Crippen molar-refractivity contribution in [2.45, 2.75) is 45.1 Å². The minimum Gasteiger partial charge on any atom is -0.352 e. The van der Waals surface area contributed by atoms with E-state index in [0.717, 1.165) is 37.8 Å². The average Bonchev–Trinajstić information content (AvgIpc) is 2.73. The summed E-state index contributed by atoms with van der Waals surface area (Å²) in [7, 11) is 0. The van der Waals surface area contributed by atoms with Crippen LogP contribution in [0.3, 0.4) is 0 Å². The molecule has 5 nitrogen and oxygen atoms in total. The van der Waals surface area contributed by atoms with Gasteiger partial charge in [-0.3, -0.25) is 14.6 Å². The maximum absolute atomic E-state index is 12.9. The Labute approximate surface area is 171 Å². The van der Waals surface area contributed by atoms with Gasteiger partial charge in [0.25, 0.3) is 11.8 Å². The third-order valence-corrected chi connectivity index (χ3v) is 5.42. The molecule has 1 aliphatic heterocycles. The van der Waals surface area contributed by atoms with Gasteiger partial charge in [0.1, 0.15) is 5.69 Å². The van der Waals surface area contributed by atoms with Crippen LogP contribution in [0.15, 0.2) is 42.6 Å². The van der Waals surface area contributed by atoms with Crippen LogP contribution >= 0.6 is 11.6 Å². The molecule has 0 bridgehead atoms. The first-order valence-electron chi connectivity index (χ1n) is 9.88. The summed E-state index contributed by atoms with van der Waals surface area (Å²) in [5.74, 6) is -0.288. The number of likely N-dealkylation sites (tertiary alicyclic amines) is 1. The van der Waals surface area contributed by atoms with Gasteiger partial charge in [0.05, 0.1) is 0 Å². The first-order valence-corrected chi connectivity index (χ1v) is 10.3. The molecule has 0 aliphatic carbocycles. The smallest absolute Gasteiger partial charge is 0.272 e. The van der Waals surface area contributed by atoms with Gasteiger partial charge in [0.2, 0.25) is 0 Å². The number of carbonyl (C=O) groups is 2. The van der Waals surface area contributed by atoms with Crippen molar-refractivity contribution in [3.05, 3.63) is 64.4 Å². The molecule has 0 radical (unpaired) electrons. The maximum atomic E-state index is 12.9. The molecule has 0 spiro atoms. The number of nitrogens with one attached hydrogen (secondary N) is 1. The van der Waals surface area contributed by atoms with E-state index in [9.17, 15) is 9.59 Å². The zero-order chi connectivity index (χ0) is 19.9. The third-order valence-electron chi connectivity index (χ3n) is 5.19. The van der Waals surface area contributed by atoms with Crippen LogP contribution in [0.1, 0.15) is 59.0 Å². The first kappa shape index (κ1) is 20.3. The summed E-state index contributed by atoms with van der Waals surface area (Å²) < 4.78 is 0. The summed E-state index contributed by atoms with van der Waals surface area (Å²) in [4.78, 5) is 31.5. The van der Waals surface area contributed by atoms with Crippen LogP contribution in [0, 0.1) is 0 Å². The van der Waals surface area contributed by atoms with E-state index in [0.29, 0.717) is 29.2 Å². The van der Waals surface area contributed by atoms with Gasteiger partial charge < -0.3 is 10.2 Å². The molecule has 2 heterocycles. The molecule has 1 fully saturated rings. The lowest BCUT2D eigenvalue weighted by Crippen LogP contribution is -2.43. The molecule has 1 aliphatic rings. The van der Waals surface area contributed by atoms with Crippen LogP contribution < -0.4 is 5.32 Å². The lowest BCUT2D eigenvalue weighted by Gasteiger charge is -2.35. The molecule has 1 N–H and O–H groups in total. The SMILES string of the molecule is CCC1CCCCN1C(=O)c1cc(C(=O)NCCc2cccc(Cl)c2)ccn1. The molecule has 148 valence electrons. The summed E-state index contributed by atoms with van der Waals surface area (Å²) in [5.41, 5.74) is 1.85. The number of aromatic nitrogens is 1. The van der Waals surface area contributed by atoms with E-state index < -0.39 is 0 Å². The van der Waals surface area contributed by atoms with E-state index in [1.54, 1.807) is 12.1 Å². The van der Waals surface area contributed by atoms with Gasteiger partial charge in [-0.25, -0.2) is 0 Å². The highest BCUT2D eigenvalue weighted by Gasteiger charge is 2.27. The highest BCUT2D eigenvalue weighted by atomic mass is 35.5. The molecule has 1 aromatic heterocycles. The Kier molecular flexibility index (Phi) is 7.04. The van der Waals surface area contributed by atoms with Crippen molar-refractivity contribution in [3.63, 3.8) is 0 Å². The lowest BCUT2D eigenvalue weighted by atomic mass is 9.99. The van der Waals surface area contributed by atoms with E-state index >= 15 is 0 Å². The monoisotopic (exact) mass is 399 g/mol. The fourth-order valence-electron chi connectivity index (χ4n) is 3.64. The predicted octanol–water partition coefficient (Wildman–Crippen LogP) is 4.11. The van der Waals surface area contributed by atoms with Gasteiger partial charge in [-0.1, -0.05) is 30.7 Å². The first-order chi connectivity index (χ1) is 13.6. The van der Waals surface area contributed by atoms with Crippen molar-refractivity contribution in [3.8, 4) is 0 Å².